The lowest BCUT2D eigenvalue weighted by atomic mass is 10.2. The van der Waals surface area contributed by atoms with Crippen LogP contribution in [-0.2, 0) is 4.79 Å². The van der Waals surface area contributed by atoms with Gasteiger partial charge in [0.15, 0.2) is 0 Å². The number of carbonyl (C=O) groups is 1. The fourth-order valence-electron chi connectivity index (χ4n) is 3.49. The van der Waals surface area contributed by atoms with Gasteiger partial charge < -0.3 is 14.6 Å². The quantitative estimate of drug-likeness (QED) is 0.410. The van der Waals surface area contributed by atoms with Gasteiger partial charge in [-0.25, -0.2) is 0 Å². The average molecular weight is 462 g/mol. The number of anilines is 2. The van der Waals surface area contributed by atoms with E-state index in [1.165, 1.54) is 6.08 Å². The predicted octanol–water partition coefficient (Wildman–Crippen LogP) is 7.16. The number of para-hydroxylation sites is 1. The van der Waals surface area contributed by atoms with E-state index in [0.29, 0.717) is 32.3 Å². The summed E-state index contributed by atoms with van der Waals surface area (Å²) in [7, 11) is 0. The summed E-state index contributed by atoms with van der Waals surface area (Å²) < 4.78 is 5.79. The van der Waals surface area contributed by atoms with E-state index in [4.69, 9.17) is 39.2 Å². The molecule has 1 fully saturated rings. The van der Waals surface area contributed by atoms with Crippen molar-refractivity contribution in [2.75, 3.05) is 23.3 Å². The minimum absolute atomic E-state index is 0.264. The van der Waals surface area contributed by atoms with Crippen LogP contribution in [0.25, 0.3) is 17.4 Å². The summed E-state index contributed by atoms with van der Waals surface area (Å²) in [5.41, 5.74) is 2.31. The Morgan fingerprint density at radius 3 is 2.57 bits per heavy atom. The number of halogens is 3. The highest BCUT2D eigenvalue weighted by molar-refractivity contribution is 6.36. The second-order valence-electron chi connectivity index (χ2n) is 6.98. The van der Waals surface area contributed by atoms with Gasteiger partial charge in [-0.1, -0.05) is 40.9 Å². The third kappa shape index (κ3) is 4.67. The summed E-state index contributed by atoms with van der Waals surface area (Å²) in [5, 5.41) is 4.61. The van der Waals surface area contributed by atoms with Gasteiger partial charge >= 0.3 is 0 Å². The van der Waals surface area contributed by atoms with Gasteiger partial charge in [-0.15, -0.1) is 0 Å². The van der Waals surface area contributed by atoms with Gasteiger partial charge in [0.1, 0.15) is 11.5 Å². The van der Waals surface area contributed by atoms with Crippen molar-refractivity contribution in [3.8, 4) is 11.3 Å². The molecule has 4 rings (SSSR count). The lowest BCUT2D eigenvalue weighted by Gasteiger charge is -2.22. The van der Waals surface area contributed by atoms with E-state index in [1.54, 1.807) is 36.4 Å². The van der Waals surface area contributed by atoms with E-state index < -0.39 is 0 Å². The van der Waals surface area contributed by atoms with Crippen molar-refractivity contribution in [3.63, 3.8) is 0 Å². The molecular formula is C23H19Cl3N2O2. The molecule has 2 aromatic carbocycles. The Balaban J connectivity index is 1.48. The van der Waals surface area contributed by atoms with Crippen LogP contribution < -0.4 is 10.2 Å². The number of hydrogen-bond acceptors (Lipinski definition) is 3. The molecule has 30 heavy (non-hydrogen) atoms. The molecule has 2 heterocycles. The first-order valence-electron chi connectivity index (χ1n) is 9.59. The summed E-state index contributed by atoms with van der Waals surface area (Å²) >= 11 is 18.6. The summed E-state index contributed by atoms with van der Waals surface area (Å²) in [6.07, 6.45) is 5.29. The van der Waals surface area contributed by atoms with Crippen LogP contribution in [-0.4, -0.2) is 19.0 Å². The van der Waals surface area contributed by atoms with Crippen molar-refractivity contribution in [2.24, 2.45) is 0 Å². The third-order valence-electron chi connectivity index (χ3n) is 4.89. The standard InChI is InChI=1S/C23H19Cl3N2O2/c24-15-6-9-17(19(26)14-15)21-10-7-16(30-21)8-11-22(29)27-20-5-3-4-18(25)23(20)28-12-1-2-13-28/h3-11,14H,1-2,12-13H2,(H,27,29)/b11-8+. The minimum atomic E-state index is -0.264. The smallest absolute Gasteiger partial charge is 0.248 e. The summed E-state index contributed by atoms with van der Waals surface area (Å²) in [6, 6.07) is 14.3. The molecule has 1 aromatic heterocycles. The highest BCUT2D eigenvalue weighted by Gasteiger charge is 2.19. The zero-order valence-corrected chi connectivity index (χ0v) is 18.3. The molecule has 0 unspecified atom stereocenters. The molecule has 3 aromatic rings. The van der Waals surface area contributed by atoms with Crippen LogP contribution in [0.2, 0.25) is 15.1 Å². The Morgan fingerprint density at radius 2 is 1.80 bits per heavy atom. The van der Waals surface area contributed by atoms with Crippen LogP contribution in [0.15, 0.2) is 59.0 Å². The van der Waals surface area contributed by atoms with E-state index in [0.717, 1.165) is 37.2 Å². The van der Waals surface area contributed by atoms with Gasteiger partial charge in [-0.2, -0.15) is 0 Å². The second kappa shape index (κ2) is 9.17. The van der Waals surface area contributed by atoms with E-state index in [-0.39, 0.29) is 5.91 Å². The number of rotatable bonds is 5. The molecule has 4 nitrogen and oxygen atoms in total. The first-order chi connectivity index (χ1) is 14.5. The molecule has 1 N–H and O–H groups in total. The lowest BCUT2D eigenvalue weighted by Crippen LogP contribution is -2.21. The van der Waals surface area contributed by atoms with Crippen LogP contribution in [0.3, 0.4) is 0 Å². The van der Waals surface area contributed by atoms with Gasteiger partial charge in [0.2, 0.25) is 5.91 Å². The van der Waals surface area contributed by atoms with Crippen LogP contribution in [0.1, 0.15) is 18.6 Å². The van der Waals surface area contributed by atoms with Crippen molar-refractivity contribution in [3.05, 3.63) is 75.4 Å². The summed E-state index contributed by atoms with van der Waals surface area (Å²) in [5.74, 6) is 0.875. The van der Waals surface area contributed by atoms with Crippen molar-refractivity contribution in [1.29, 1.82) is 0 Å². The van der Waals surface area contributed by atoms with Crippen molar-refractivity contribution < 1.29 is 9.21 Å². The van der Waals surface area contributed by atoms with E-state index >= 15 is 0 Å². The molecule has 0 bridgehead atoms. The maximum atomic E-state index is 12.5. The molecule has 0 saturated carbocycles. The van der Waals surface area contributed by atoms with E-state index in [1.807, 2.05) is 18.2 Å². The maximum absolute atomic E-state index is 12.5. The van der Waals surface area contributed by atoms with Gasteiger partial charge in [-0.3, -0.25) is 4.79 Å². The molecule has 0 aliphatic carbocycles. The third-order valence-corrected chi connectivity index (χ3v) is 5.74. The SMILES string of the molecule is O=C(/C=C/c1ccc(-c2ccc(Cl)cc2Cl)o1)Nc1cccc(Cl)c1N1CCCC1. The average Bonchev–Trinajstić information content (AvgIpc) is 3.39. The fourth-order valence-corrected chi connectivity index (χ4v) is 4.28. The normalized spacial score (nSPS) is 13.9. The number of furan rings is 1. The van der Waals surface area contributed by atoms with Crippen molar-refractivity contribution in [2.45, 2.75) is 12.8 Å². The van der Waals surface area contributed by atoms with Gasteiger partial charge in [-0.05, 0) is 61.4 Å². The highest BCUT2D eigenvalue weighted by Crippen LogP contribution is 2.36. The summed E-state index contributed by atoms with van der Waals surface area (Å²) in [4.78, 5) is 14.7. The van der Waals surface area contributed by atoms with Gasteiger partial charge in [0.05, 0.1) is 21.4 Å². The minimum Gasteiger partial charge on any atom is -0.457 e. The Hall–Kier alpha value is -2.40. The molecular weight excluding hydrogens is 443 g/mol. The molecule has 7 heteroatoms. The zero-order chi connectivity index (χ0) is 21.1. The van der Waals surface area contributed by atoms with Crippen LogP contribution in [0.5, 0.6) is 0 Å². The van der Waals surface area contributed by atoms with Crippen molar-refractivity contribution in [1.82, 2.24) is 0 Å². The Labute approximate surface area is 190 Å². The Kier molecular flexibility index (Phi) is 6.38. The zero-order valence-electron chi connectivity index (χ0n) is 16.0. The monoisotopic (exact) mass is 460 g/mol. The summed E-state index contributed by atoms with van der Waals surface area (Å²) in [6.45, 7) is 1.87. The van der Waals surface area contributed by atoms with Crippen LogP contribution in [0.4, 0.5) is 11.4 Å². The number of carbonyl (C=O) groups excluding carboxylic acids is 1. The molecule has 1 aliphatic rings. The van der Waals surface area contributed by atoms with Crippen LogP contribution in [0, 0.1) is 0 Å². The van der Waals surface area contributed by atoms with Gasteiger partial charge in [0, 0.05) is 29.8 Å². The van der Waals surface area contributed by atoms with E-state index in [9.17, 15) is 4.79 Å². The molecule has 0 spiro atoms. The number of hydrogen-bond donors (Lipinski definition) is 1. The van der Waals surface area contributed by atoms with Gasteiger partial charge in [0.25, 0.3) is 0 Å². The number of nitrogens with one attached hydrogen (secondary N) is 1. The first-order valence-corrected chi connectivity index (χ1v) is 10.7. The molecule has 1 amide bonds. The first kappa shape index (κ1) is 20.9. The topological polar surface area (TPSA) is 45.5 Å². The maximum Gasteiger partial charge on any atom is 0.248 e. The molecule has 1 saturated heterocycles. The number of benzene rings is 2. The van der Waals surface area contributed by atoms with Crippen molar-refractivity contribution >= 4 is 58.2 Å². The highest BCUT2D eigenvalue weighted by atomic mass is 35.5. The Morgan fingerprint density at radius 1 is 1.00 bits per heavy atom. The molecule has 154 valence electrons. The fraction of sp³-hybridized carbons (Fsp3) is 0.174. The predicted molar refractivity (Wildman–Crippen MR) is 125 cm³/mol. The molecule has 0 atom stereocenters. The molecule has 0 radical (unpaired) electrons. The second-order valence-corrected chi connectivity index (χ2v) is 8.23. The Bertz CT molecular complexity index is 1100. The lowest BCUT2D eigenvalue weighted by molar-refractivity contribution is -0.111. The number of amides is 1. The van der Waals surface area contributed by atoms with Crippen LogP contribution >= 0.6 is 34.8 Å². The largest absolute Gasteiger partial charge is 0.457 e. The molecule has 1 aliphatic heterocycles. The van der Waals surface area contributed by atoms with E-state index in [2.05, 4.69) is 10.2 Å². The number of nitrogens with zero attached hydrogens (tertiary/aromatic N) is 1.